The number of rotatable bonds is 3. The molecule has 2 aromatic heterocycles. The minimum atomic E-state index is -0.122. The molecule has 9 heteroatoms. The summed E-state index contributed by atoms with van der Waals surface area (Å²) in [5.41, 5.74) is 7.32. The molecule has 4 rings (SSSR count). The van der Waals surface area contributed by atoms with E-state index >= 15 is 0 Å². The number of nitrogens with one attached hydrogen (secondary N) is 1. The first-order valence-corrected chi connectivity index (χ1v) is 8.02. The predicted molar refractivity (Wildman–Crippen MR) is 91.6 cm³/mol. The summed E-state index contributed by atoms with van der Waals surface area (Å²) in [5.74, 6) is 0.318. The van der Waals surface area contributed by atoms with Crippen molar-refractivity contribution in [2.45, 2.75) is 25.5 Å². The van der Waals surface area contributed by atoms with E-state index in [-0.39, 0.29) is 23.7 Å². The number of phenolic OH excluding ortho intramolecular Hbond substituents is 2. The zero-order valence-corrected chi connectivity index (χ0v) is 13.4. The van der Waals surface area contributed by atoms with E-state index in [1.165, 1.54) is 18.2 Å². The normalized spacial score (nSPS) is 17.7. The number of anilines is 3. The van der Waals surface area contributed by atoms with Gasteiger partial charge in [0.15, 0.2) is 17.0 Å². The lowest BCUT2D eigenvalue weighted by Crippen LogP contribution is -2.18. The predicted octanol–water partition coefficient (Wildman–Crippen LogP) is 2.26. The Labute approximate surface area is 143 Å². The largest absolute Gasteiger partial charge is 0.508 e. The van der Waals surface area contributed by atoms with Gasteiger partial charge in [0.2, 0.25) is 5.95 Å². The van der Waals surface area contributed by atoms with Crippen LogP contribution in [0.4, 0.5) is 17.5 Å². The highest BCUT2D eigenvalue weighted by Crippen LogP contribution is 2.33. The topological polar surface area (TPSA) is 131 Å². The number of ether oxygens (including phenoxy) is 1. The van der Waals surface area contributed by atoms with Gasteiger partial charge in [-0.2, -0.15) is 9.97 Å². The van der Waals surface area contributed by atoms with Crippen LogP contribution in [0.1, 0.15) is 25.5 Å². The van der Waals surface area contributed by atoms with Gasteiger partial charge in [-0.15, -0.1) is 0 Å². The molecule has 0 amide bonds. The van der Waals surface area contributed by atoms with Crippen molar-refractivity contribution >= 4 is 28.6 Å². The number of imidazole rings is 1. The molecule has 0 radical (unpaired) electrons. The van der Waals surface area contributed by atoms with Crippen LogP contribution >= 0.6 is 0 Å². The lowest BCUT2D eigenvalue weighted by atomic mass is 10.2. The smallest absolute Gasteiger partial charge is 0.224 e. The first kappa shape index (κ1) is 15.5. The third-order valence-corrected chi connectivity index (χ3v) is 4.14. The van der Waals surface area contributed by atoms with Gasteiger partial charge in [-0.05, 0) is 31.4 Å². The highest BCUT2D eigenvalue weighted by atomic mass is 16.5. The van der Waals surface area contributed by atoms with Crippen molar-refractivity contribution < 1.29 is 14.9 Å². The minimum absolute atomic E-state index is 0.0332. The van der Waals surface area contributed by atoms with Crippen LogP contribution in [0.25, 0.3) is 11.2 Å². The average molecular weight is 342 g/mol. The van der Waals surface area contributed by atoms with Gasteiger partial charge in [0, 0.05) is 12.7 Å². The van der Waals surface area contributed by atoms with Crippen LogP contribution in [0.3, 0.4) is 0 Å². The highest BCUT2D eigenvalue weighted by molar-refractivity contribution is 5.87. The summed E-state index contributed by atoms with van der Waals surface area (Å²) in [4.78, 5) is 12.9. The molecule has 5 N–H and O–H groups in total. The van der Waals surface area contributed by atoms with Crippen molar-refractivity contribution in [1.29, 1.82) is 0 Å². The van der Waals surface area contributed by atoms with Gasteiger partial charge in [0.1, 0.15) is 17.7 Å². The molecule has 1 unspecified atom stereocenters. The van der Waals surface area contributed by atoms with Crippen molar-refractivity contribution in [2.75, 3.05) is 17.7 Å². The summed E-state index contributed by atoms with van der Waals surface area (Å²) in [6.45, 7) is 0.706. The summed E-state index contributed by atoms with van der Waals surface area (Å²) >= 11 is 0. The maximum atomic E-state index is 9.96. The van der Waals surface area contributed by atoms with Crippen molar-refractivity contribution in [3.8, 4) is 11.5 Å². The van der Waals surface area contributed by atoms with Crippen molar-refractivity contribution in [3.63, 3.8) is 0 Å². The quantitative estimate of drug-likeness (QED) is 0.421. The molecule has 1 atom stereocenters. The third kappa shape index (κ3) is 2.89. The van der Waals surface area contributed by atoms with E-state index in [9.17, 15) is 10.2 Å². The number of phenols is 2. The van der Waals surface area contributed by atoms with E-state index < -0.39 is 0 Å². The van der Waals surface area contributed by atoms with Crippen LogP contribution in [-0.4, -0.2) is 36.3 Å². The van der Waals surface area contributed by atoms with E-state index in [0.717, 1.165) is 19.3 Å². The molecule has 1 fully saturated rings. The Morgan fingerprint density at radius 1 is 1.24 bits per heavy atom. The number of benzene rings is 1. The lowest BCUT2D eigenvalue weighted by molar-refractivity contribution is -0.0298. The molecule has 1 aliphatic heterocycles. The van der Waals surface area contributed by atoms with E-state index in [2.05, 4.69) is 20.3 Å². The van der Waals surface area contributed by atoms with Crippen LogP contribution in [0.2, 0.25) is 0 Å². The number of aromatic hydroxyl groups is 2. The first-order chi connectivity index (χ1) is 12.1. The molecule has 3 aromatic rings. The molecule has 9 nitrogen and oxygen atoms in total. The van der Waals surface area contributed by atoms with E-state index in [0.29, 0.717) is 29.3 Å². The average Bonchev–Trinajstić information content (AvgIpc) is 3.02. The molecular formula is C16H18N6O3. The van der Waals surface area contributed by atoms with Gasteiger partial charge in [-0.3, -0.25) is 4.57 Å². The second-order valence-corrected chi connectivity index (χ2v) is 5.90. The van der Waals surface area contributed by atoms with Crippen molar-refractivity contribution in [1.82, 2.24) is 19.5 Å². The summed E-state index contributed by atoms with van der Waals surface area (Å²) in [7, 11) is 0. The molecule has 0 bridgehead atoms. The second-order valence-electron chi connectivity index (χ2n) is 5.90. The van der Waals surface area contributed by atoms with E-state index in [1.807, 2.05) is 4.57 Å². The SMILES string of the molecule is Nc1nc(Nc2ccc(O)cc2O)c2ncn(C3CCCCO3)c2n1. The van der Waals surface area contributed by atoms with Gasteiger partial charge in [0.05, 0.1) is 12.0 Å². The second kappa shape index (κ2) is 6.10. The fourth-order valence-electron chi connectivity index (χ4n) is 2.93. The Kier molecular flexibility index (Phi) is 3.77. The highest BCUT2D eigenvalue weighted by Gasteiger charge is 2.21. The molecular weight excluding hydrogens is 324 g/mol. The zero-order chi connectivity index (χ0) is 17.4. The molecule has 0 saturated carbocycles. The number of nitrogens with two attached hydrogens (primary N) is 1. The minimum Gasteiger partial charge on any atom is -0.508 e. The number of nitrogen functional groups attached to an aromatic ring is 1. The van der Waals surface area contributed by atoms with Gasteiger partial charge < -0.3 is 26.0 Å². The van der Waals surface area contributed by atoms with Gasteiger partial charge in [-0.1, -0.05) is 0 Å². The number of fused-ring (bicyclic) bond motifs is 1. The molecule has 0 spiro atoms. The van der Waals surface area contributed by atoms with E-state index in [4.69, 9.17) is 10.5 Å². The van der Waals surface area contributed by atoms with Gasteiger partial charge >= 0.3 is 0 Å². The monoisotopic (exact) mass is 342 g/mol. The molecule has 1 aromatic carbocycles. The van der Waals surface area contributed by atoms with Crippen LogP contribution in [0, 0.1) is 0 Å². The van der Waals surface area contributed by atoms with Gasteiger partial charge in [0.25, 0.3) is 0 Å². The van der Waals surface area contributed by atoms with Crippen LogP contribution in [0.5, 0.6) is 11.5 Å². The Bertz CT molecular complexity index is 920. The number of nitrogens with zero attached hydrogens (tertiary/aromatic N) is 4. The zero-order valence-electron chi connectivity index (χ0n) is 13.4. The Morgan fingerprint density at radius 3 is 2.88 bits per heavy atom. The van der Waals surface area contributed by atoms with Crippen LogP contribution in [0.15, 0.2) is 24.5 Å². The molecule has 130 valence electrons. The molecule has 1 saturated heterocycles. The molecule has 1 aliphatic rings. The first-order valence-electron chi connectivity index (χ1n) is 8.02. The third-order valence-electron chi connectivity index (χ3n) is 4.14. The number of hydrogen-bond acceptors (Lipinski definition) is 8. The number of aromatic nitrogens is 4. The molecule has 3 heterocycles. The van der Waals surface area contributed by atoms with Gasteiger partial charge in [-0.25, -0.2) is 4.98 Å². The Hall–Kier alpha value is -3.07. The number of hydrogen-bond donors (Lipinski definition) is 4. The summed E-state index contributed by atoms with van der Waals surface area (Å²) in [6.07, 6.45) is 4.56. The Balaban J connectivity index is 1.75. The summed E-state index contributed by atoms with van der Waals surface area (Å²) in [5, 5.41) is 22.4. The molecule has 0 aliphatic carbocycles. The maximum Gasteiger partial charge on any atom is 0.224 e. The van der Waals surface area contributed by atoms with Crippen molar-refractivity contribution in [3.05, 3.63) is 24.5 Å². The summed E-state index contributed by atoms with van der Waals surface area (Å²) < 4.78 is 7.65. The standard InChI is InChI=1S/C16H18N6O3/c17-16-20-14(19-10-5-4-9(23)7-11(10)24)13-15(21-16)22(8-18-13)12-3-1-2-6-25-12/h4-5,7-8,12,23-24H,1-3,6H2,(H3,17,19,20,21). The van der Waals surface area contributed by atoms with Crippen molar-refractivity contribution in [2.24, 2.45) is 0 Å². The lowest BCUT2D eigenvalue weighted by Gasteiger charge is -2.23. The fourth-order valence-corrected chi connectivity index (χ4v) is 2.93. The fraction of sp³-hybridized carbons (Fsp3) is 0.312. The van der Waals surface area contributed by atoms with E-state index in [1.54, 1.807) is 6.33 Å². The summed E-state index contributed by atoms with van der Waals surface area (Å²) in [6, 6.07) is 4.23. The van der Waals surface area contributed by atoms with Crippen LogP contribution in [-0.2, 0) is 4.74 Å². The molecule has 25 heavy (non-hydrogen) atoms. The maximum absolute atomic E-state index is 9.96. The van der Waals surface area contributed by atoms with Crippen LogP contribution < -0.4 is 11.1 Å². The Morgan fingerprint density at radius 2 is 2.12 bits per heavy atom.